The molecule has 0 aliphatic carbocycles. The number of anilines is 1. The van der Waals surface area contributed by atoms with Crippen LogP contribution in [-0.2, 0) is 20.1 Å². The lowest BCUT2D eigenvalue weighted by molar-refractivity contribution is -0.150. The molecule has 0 saturated carbocycles. The number of ether oxygens (including phenoxy) is 1. The standard InChI is InChI=1S/C18H19ClN2O3S/c1-12-5-7-14(8-6-12)10-25-11-16(22)24-13(2)18(23)21-15-4-3-9-20-17(15)19/h3-9,13H,10-11H2,1-2H3,(H,21,23)/t13-/m1/s1. The summed E-state index contributed by atoms with van der Waals surface area (Å²) in [5.41, 5.74) is 2.72. The number of benzene rings is 1. The van der Waals surface area contributed by atoms with Gasteiger partial charge in [-0.15, -0.1) is 11.8 Å². The summed E-state index contributed by atoms with van der Waals surface area (Å²) in [5, 5.41) is 2.77. The average molecular weight is 379 g/mol. The number of hydrogen-bond acceptors (Lipinski definition) is 5. The van der Waals surface area contributed by atoms with Crippen molar-refractivity contribution in [2.45, 2.75) is 25.7 Å². The molecule has 0 fully saturated rings. The van der Waals surface area contributed by atoms with Gasteiger partial charge in [0.2, 0.25) is 0 Å². The highest BCUT2D eigenvalue weighted by molar-refractivity contribution is 7.99. The molecule has 0 aliphatic rings. The Morgan fingerprint density at radius 3 is 2.68 bits per heavy atom. The van der Waals surface area contributed by atoms with Crippen LogP contribution < -0.4 is 5.32 Å². The summed E-state index contributed by atoms with van der Waals surface area (Å²) >= 11 is 7.32. The number of hydrogen-bond donors (Lipinski definition) is 1. The van der Waals surface area contributed by atoms with Crippen LogP contribution in [0.1, 0.15) is 18.1 Å². The van der Waals surface area contributed by atoms with Crippen molar-refractivity contribution < 1.29 is 14.3 Å². The van der Waals surface area contributed by atoms with E-state index in [2.05, 4.69) is 10.3 Å². The largest absolute Gasteiger partial charge is 0.452 e. The molecule has 0 unspecified atom stereocenters. The van der Waals surface area contributed by atoms with Crippen molar-refractivity contribution in [1.82, 2.24) is 4.98 Å². The summed E-state index contributed by atoms with van der Waals surface area (Å²) < 4.78 is 5.15. The zero-order valence-corrected chi connectivity index (χ0v) is 15.6. The Bertz CT molecular complexity index is 737. The van der Waals surface area contributed by atoms with E-state index in [1.807, 2.05) is 31.2 Å². The highest BCUT2D eigenvalue weighted by Gasteiger charge is 2.18. The van der Waals surface area contributed by atoms with Crippen molar-refractivity contribution >= 4 is 40.9 Å². The molecule has 2 rings (SSSR count). The molecule has 1 aromatic carbocycles. The first kappa shape index (κ1) is 19.3. The lowest BCUT2D eigenvalue weighted by atomic mass is 10.2. The Hall–Kier alpha value is -2.05. The van der Waals surface area contributed by atoms with Crippen molar-refractivity contribution in [3.63, 3.8) is 0 Å². The van der Waals surface area contributed by atoms with Gasteiger partial charge in [0.05, 0.1) is 11.4 Å². The topological polar surface area (TPSA) is 68.3 Å². The SMILES string of the molecule is Cc1ccc(CSCC(=O)O[C@H](C)C(=O)Nc2cccnc2Cl)cc1. The Kier molecular flexibility index (Phi) is 7.28. The van der Waals surface area contributed by atoms with E-state index in [1.54, 1.807) is 12.1 Å². The zero-order chi connectivity index (χ0) is 18.2. The van der Waals surface area contributed by atoms with E-state index in [9.17, 15) is 9.59 Å². The second-order valence-corrected chi connectivity index (χ2v) is 6.79. The minimum absolute atomic E-state index is 0.180. The van der Waals surface area contributed by atoms with E-state index in [0.717, 1.165) is 5.56 Å². The summed E-state index contributed by atoms with van der Waals surface area (Å²) in [7, 11) is 0. The third kappa shape index (κ3) is 6.40. The number of esters is 1. The number of thioether (sulfide) groups is 1. The van der Waals surface area contributed by atoms with Gasteiger partial charge in [-0.25, -0.2) is 4.98 Å². The number of carbonyl (C=O) groups is 2. The molecule has 5 nitrogen and oxygen atoms in total. The molecule has 0 saturated heterocycles. The predicted molar refractivity (Wildman–Crippen MR) is 101 cm³/mol. The van der Waals surface area contributed by atoms with Crippen LogP contribution in [0.5, 0.6) is 0 Å². The third-order valence-electron chi connectivity index (χ3n) is 3.30. The first-order valence-electron chi connectivity index (χ1n) is 7.70. The number of halogens is 1. The molecule has 7 heteroatoms. The number of aromatic nitrogens is 1. The van der Waals surface area contributed by atoms with E-state index in [1.165, 1.54) is 30.4 Å². The maximum absolute atomic E-state index is 12.0. The van der Waals surface area contributed by atoms with Crippen molar-refractivity contribution in [2.24, 2.45) is 0 Å². The molecule has 1 N–H and O–H groups in total. The number of rotatable bonds is 7. The van der Waals surface area contributed by atoms with E-state index in [-0.39, 0.29) is 10.9 Å². The molecule has 132 valence electrons. The Balaban J connectivity index is 1.74. The van der Waals surface area contributed by atoms with Crippen LogP contribution in [0.25, 0.3) is 0 Å². The highest BCUT2D eigenvalue weighted by atomic mass is 35.5. The summed E-state index contributed by atoms with van der Waals surface area (Å²) in [5.74, 6) is 0.00394. The third-order valence-corrected chi connectivity index (χ3v) is 4.58. The molecule has 1 heterocycles. The minimum Gasteiger partial charge on any atom is -0.452 e. The minimum atomic E-state index is -0.913. The molecular formula is C18H19ClN2O3S. The van der Waals surface area contributed by atoms with Gasteiger partial charge in [0.25, 0.3) is 5.91 Å². The number of nitrogens with zero attached hydrogens (tertiary/aromatic N) is 1. The zero-order valence-electron chi connectivity index (χ0n) is 14.0. The Morgan fingerprint density at radius 1 is 1.28 bits per heavy atom. The van der Waals surface area contributed by atoms with E-state index >= 15 is 0 Å². The predicted octanol–water partition coefficient (Wildman–Crippen LogP) is 3.85. The summed E-state index contributed by atoms with van der Waals surface area (Å²) in [6.45, 7) is 3.54. The fourth-order valence-electron chi connectivity index (χ4n) is 1.93. The lowest BCUT2D eigenvalue weighted by Gasteiger charge is -2.13. The fraction of sp³-hybridized carbons (Fsp3) is 0.278. The lowest BCUT2D eigenvalue weighted by Crippen LogP contribution is -2.30. The van der Waals surface area contributed by atoms with E-state index < -0.39 is 18.0 Å². The maximum Gasteiger partial charge on any atom is 0.316 e. The fourth-order valence-corrected chi connectivity index (χ4v) is 2.87. The van der Waals surface area contributed by atoms with Gasteiger partial charge in [0, 0.05) is 11.9 Å². The molecule has 1 atom stereocenters. The van der Waals surface area contributed by atoms with Crippen LogP contribution in [0.4, 0.5) is 5.69 Å². The van der Waals surface area contributed by atoms with E-state index in [4.69, 9.17) is 16.3 Å². The summed E-state index contributed by atoms with van der Waals surface area (Å²) in [6.07, 6.45) is 0.607. The van der Waals surface area contributed by atoms with Gasteiger partial charge in [-0.2, -0.15) is 0 Å². The van der Waals surface area contributed by atoms with Crippen LogP contribution in [0.3, 0.4) is 0 Å². The number of nitrogens with one attached hydrogen (secondary N) is 1. The molecule has 0 bridgehead atoms. The number of amides is 1. The Labute approximate surface area is 156 Å². The van der Waals surface area contributed by atoms with Crippen molar-refractivity contribution in [3.8, 4) is 0 Å². The summed E-state index contributed by atoms with van der Waals surface area (Å²) in [4.78, 5) is 27.8. The quantitative estimate of drug-likeness (QED) is 0.585. The maximum atomic E-state index is 12.0. The van der Waals surface area contributed by atoms with Crippen LogP contribution in [0.2, 0.25) is 5.15 Å². The molecule has 0 spiro atoms. The molecule has 1 aromatic heterocycles. The second-order valence-electron chi connectivity index (χ2n) is 5.44. The van der Waals surface area contributed by atoms with Crippen LogP contribution in [0, 0.1) is 6.92 Å². The molecule has 1 amide bonds. The number of carbonyl (C=O) groups excluding carboxylic acids is 2. The van der Waals surface area contributed by atoms with Gasteiger partial charge in [0.1, 0.15) is 0 Å². The molecule has 0 radical (unpaired) electrons. The highest BCUT2D eigenvalue weighted by Crippen LogP contribution is 2.18. The average Bonchev–Trinajstić information content (AvgIpc) is 2.58. The van der Waals surface area contributed by atoms with Crippen molar-refractivity contribution in [3.05, 3.63) is 58.9 Å². The normalized spacial score (nSPS) is 11.6. The van der Waals surface area contributed by atoms with Gasteiger partial charge in [-0.1, -0.05) is 41.4 Å². The molecule has 2 aromatic rings. The van der Waals surface area contributed by atoms with Gasteiger partial charge in [0.15, 0.2) is 11.3 Å². The first-order chi connectivity index (χ1) is 12.0. The molecular weight excluding hydrogens is 360 g/mol. The van der Waals surface area contributed by atoms with Crippen LogP contribution in [0.15, 0.2) is 42.6 Å². The number of aryl methyl sites for hydroxylation is 1. The van der Waals surface area contributed by atoms with Crippen LogP contribution in [-0.4, -0.2) is 28.7 Å². The molecule has 25 heavy (non-hydrogen) atoms. The van der Waals surface area contributed by atoms with Crippen molar-refractivity contribution in [2.75, 3.05) is 11.1 Å². The number of pyridine rings is 1. The molecule has 0 aliphatic heterocycles. The van der Waals surface area contributed by atoms with Crippen LogP contribution >= 0.6 is 23.4 Å². The van der Waals surface area contributed by atoms with Gasteiger partial charge >= 0.3 is 5.97 Å². The first-order valence-corrected chi connectivity index (χ1v) is 9.23. The van der Waals surface area contributed by atoms with Crippen molar-refractivity contribution in [1.29, 1.82) is 0 Å². The Morgan fingerprint density at radius 2 is 2.00 bits per heavy atom. The van der Waals surface area contributed by atoms with E-state index in [0.29, 0.717) is 11.4 Å². The second kappa shape index (κ2) is 9.44. The van der Waals surface area contributed by atoms with Gasteiger partial charge in [-0.3, -0.25) is 9.59 Å². The smallest absolute Gasteiger partial charge is 0.316 e. The van der Waals surface area contributed by atoms with Gasteiger partial charge < -0.3 is 10.1 Å². The monoisotopic (exact) mass is 378 g/mol. The summed E-state index contributed by atoms with van der Waals surface area (Å²) in [6, 6.07) is 11.4. The van der Waals surface area contributed by atoms with Gasteiger partial charge in [-0.05, 0) is 31.5 Å².